The standard InChI is InChI=1S/C12H24N2O2/c1-4-7-13-10-6-5-8-14(11(10)15)9-12(2,3)16/h10,13,16H,4-9H2,1-3H3. The molecule has 2 N–H and O–H groups in total. The van der Waals surface area contributed by atoms with Crippen molar-refractivity contribution in [1.82, 2.24) is 10.2 Å². The molecule has 0 aromatic carbocycles. The zero-order valence-corrected chi connectivity index (χ0v) is 10.6. The van der Waals surface area contributed by atoms with E-state index < -0.39 is 5.60 Å². The van der Waals surface area contributed by atoms with Gasteiger partial charge >= 0.3 is 0 Å². The molecule has 0 aromatic rings. The van der Waals surface area contributed by atoms with Gasteiger partial charge in [0.15, 0.2) is 0 Å². The summed E-state index contributed by atoms with van der Waals surface area (Å²) in [6, 6.07) is -0.0453. The molecule has 1 aliphatic heterocycles. The quantitative estimate of drug-likeness (QED) is 0.730. The molecule has 1 rings (SSSR count). The Morgan fingerprint density at radius 2 is 2.25 bits per heavy atom. The van der Waals surface area contributed by atoms with E-state index in [1.54, 1.807) is 18.7 Å². The SMILES string of the molecule is CCCNC1CCCN(CC(C)(C)O)C1=O. The topological polar surface area (TPSA) is 52.6 Å². The van der Waals surface area contributed by atoms with Gasteiger partial charge in [-0.2, -0.15) is 0 Å². The average molecular weight is 228 g/mol. The van der Waals surface area contributed by atoms with E-state index >= 15 is 0 Å². The summed E-state index contributed by atoms with van der Waals surface area (Å²) in [6.45, 7) is 7.65. The van der Waals surface area contributed by atoms with Crippen LogP contribution in [0.3, 0.4) is 0 Å². The van der Waals surface area contributed by atoms with E-state index in [1.165, 1.54) is 0 Å². The molecule has 0 spiro atoms. The predicted octanol–water partition coefficient (Wildman–Crippen LogP) is 0.748. The Balaban J connectivity index is 2.50. The van der Waals surface area contributed by atoms with Gasteiger partial charge in [0, 0.05) is 13.1 Å². The van der Waals surface area contributed by atoms with Crippen LogP contribution < -0.4 is 5.32 Å². The third-order valence-electron chi connectivity index (χ3n) is 2.75. The molecule has 0 radical (unpaired) electrons. The van der Waals surface area contributed by atoms with Crippen molar-refractivity contribution in [3.63, 3.8) is 0 Å². The highest BCUT2D eigenvalue weighted by molar-refractivity contribution is 5.82. The number of likely N-dealkylation sites (tertiary alicyclic amines) is 1. The lowest BCUT2D eigenvalue weighted by molar-refractivity contribution is -0.139. The highest BCUT2D eigenvalue weighted by atomic mass is 16.3. The first-order valence-electron chi connectivity index (χ1n) is 6.18. The Kier molecular flexibility index (Phi) is 4.74. The molecule has 1 aliphatic rings. The van der Waals surface area contributed by atoms with Crippen molar-refractivity contribution in [3.05, 3.63) is 0 Å². The monoisotopic (exact) mass is 228 g/mol. The molecular weight excluding hydrogens is 204 g/mol. The predicted molar refractivity (Wildman–Crippen MR) is 64.2 cm³/mol. The summed E-state index contributed by atoms with van der Waals surface area (Å²) in [7, 11) is 0. The minimum atomic E-state index is -0.803. The van der Waals surface area contributed by atoms with Gasteiger partial charge in [-0.1, -0.05) is 6.92 Å². The van der Waals surface area contributed by atoms with Gasteiger partial charge in [0.2, 0.25) is 5.91 Å². The second-order valence-corrected chi connectivity index (χ2v) is 5.22. The van der Waals surface area contributed by atoms with Crippen molar-refractivity contribution in [1.29, 1.82) is 0 Å². The van der Waals surface area contributed by atoms with E-state index in [9.17, 15) is 9.90 Å². The van der Waals surface area contributed by atoms with E-state index in [0.29, 0.717) is 6.54 Å². The van der Waals surface area contributed by atoms with Crippen LogP contribution in [0.15, 0.2) is 0 Å². The van der Waals surface area contributed by atoms with Crippen LogP contribution in [0.4, 0.5) is 0 Å². The van der Waals surface area contributed by atoms with E-state index in [0.717, 1.165) is 32.4 Å². The summed E-state index contributed by atoms with van der Waals surface area (Å²) < 4.78 is 0. The summed E-state index contributed by atoms with van der Waals surface area (Å²) in [5.41, 5.74) is -0.803. The highest BCUT2D eigenvalue weighted by Gasteiger charge is 2.30. The van der Waals surface area contributed by atoms with Crippen LogP contribution in [0.25, 0.3) is 0 Å². The van der Waals surface area contributed by atoms with Gasteiger partial charge in [-0.25, -0.2) is 0 Å². The van der Waals surface area contributed by atoms with Gasteiger partial charge < -0.3 is 15.3 Å². The van der Waals surface area contributed by atoms with Gasteiger partial charge in [-0.05, 0) is 39.7 Å². The molecule has 0 saturated carbocycles. The number of nitrogens with zero attached hydrogens (tertiary/aromatic N) is 1. The molecule has 1 heterocycles. The molecule has 0 aliphatic carbocycles. The molecule has 16 heavy (non-hydrogen) atoms. The van der Waals surface area contributed by atoms with Crippen molar-refractivity contribution in [3.8, 4) is 0 Å². The number of hydrogen-bond acceptors (Lipinski definition) is 3. The first-order chi connectivity index (χ1) is 7.44. The van der Waals surface area contributed by atoms with Crippen LogP contribution in [0.5, 0.6) is 0 Å². The van der Waals surface area contributed by atoms with Gasteiger partial charge in [0.05, 0.1) is 11.6 Å². The van der Waals surface area contributed by atoms with Crippen LogP contribution in [0.1, 0.15) is 40.0 Å². The fourth-order valence-corrected chi connectivity index (χ4v) is 2.07. The van der Waals surface area contributed by atoms with Gasteiger partial charge in [0.25, 0.3) is 0 Å². The third-order valence-corrected chi connectivity index (χ3v) is 2.75. The first-order valence-corrected chi connectivity index (χ1v) is 6.18. The number of carbonyl (C=O) groups excluding carboxylic acids is 1. The van der Waals surface area contributed by atoms with Crippen LogP contribution in [0.2, 0.25) is 0 Å². The largest absolute Gasteiger partial charge is 0.389 e. The molecule has 1 amide bonds. The van der Waals surface area contributed by atoms with E-state index in [1.807, 2.05) is 0 Å². The maximum absolute atomic E-state index is 12.1. The smallest absolute Gasteiger partial charge is 0.239 e. The summed E-state index contributed by atoms with van der Waals surface area (Å²) in [5.74, 6) is 0.141. The molecule has 0 bridgehead atoms. The van der Waals surface area contributed by atoms with Crippen molar-refractivity contribution in [2.75, 3.05) is 19.6 Å². The maximum Gasteiger partial charge on any atom is 0.239 e. The summed E-state index contributed by atoms with van der Waals surface area (Å²) in [4.78, 5) is 13.8. The average Bonchev–Trinajstić information content (AvgIpc) is 2.17. The Labute approximate surface area is 98.0 Å². The summed E-state index contributed by atoms with van der Waals surface area (Å²) in [6.07, 6.45) is 2.97. The molecule has 1 unspecified atom stereocenters. The Bertz CT molecular complexity index is 236. The molecule has 4 heteroatoms. The Morgan fingerprint density at radius 3 is 2.81 bits per heavy atom. The second kappa shape index (κ2) is 5.64. The van der Waals surface area contributed by atoms with Crippen LogP contribution in [-0.2, 0) is 4.79 Å². The fraction of sp³-hybridized carbons (Fsp3) is 0.917. The number of carbonyl (C=O) groups is 1. The molecular formula is C12H24N2O2. The van der Waals surface area contributed by atoms with Crippen LogP contribution >= 0.6 is 0 Å². The number of hydrogen-bond donors (Lipinski definition) is 2. The lowest BCUT2D eigenvalue weighted by atomic mass is 10.0. The number of β-amino-alcohol motifs (C(OH)–C–C–N with tert-alkyl or cyclic N) is 1. The van der Waals surface area contributed by atoms with E-state index in [-0.39, 0.29) is 11.9 Å². The van der Waals surface area contributed by atoms with E-state index in [2.05, 4.69) is 12.2 Å². The van der Waals surface area contributed by atoms with Crippen molar-refractivity contribution in [2.45, 2.75) is 51.7 Å². The zero-order chi connectivity index (χ0) is 12.2. The van der Waals surface area contributed by atoms with Gasteiger partial charge in [0.1, 0.15) is 0 Å². The van der Waals surface area contributed by atoms with Crippen molar-refractivity contribution in [2.24, 2.45) is 0 Å². The second-order valence-electron chi connectivity index (χ2n) is 5.22. The zero-order valence-electron chi connectivity index (χ0n) is 10.6. The lowest BCUT2D eigenvalue weighted by Gasteiger charge is -2.36. The van der Waals surface area contributed by atoms with Crippen molar-refractivity contribution >= 4 is 5.91 Å². The maximum atomic E-state index is 12.1. The molecule has 0 aromatic heterocycles. The first kappa shape index (κ1) is 13.5. The molecule has 94 valence electrons. The summed E-state index contributed by atoms with van der Waals surface area (Å²) >= 11 is 0. The molecule has 1 atom stereocenters. The number of aliphatic hydroxyl groups is 1. The van der Waals surface area contributed by atoms with Crippen LogP contribution in [-0.4, -0.2) is 47.2 Å². The van der Waals surface area contributed by atoms with Gasteiger partial charge in [-0.15, -0.1) is 0 Å². The molecule has 4 nitrogen and oxygen atoms in total. The normalized spacial score (nSPS) is 22.6. The van der Waals surface area contributed by atoms with Crippen LogP contribution in [0, 0.1) is 0 Å². The number of nitrogens with one attached hydrogen (secondary N) is 1. The number of piperidine rings is 1. The highest BCUT2D eigenvalue weighted by Crippen LogP contribution is 2.15. The van der Waals surface area contributed by atoms with E-state index in [4.69, 9.17) is 0 Å². The summed E-state index contributed by atoms with van der Waals surface area (Å²) in [5, 5.41) is 13.0. The molecule has 1 fully saturated rings. The number of rotatable bonds is 5. The number of amides is 1. The lowest BCUT2D eigenvalue weighted by Crippen LogP contribution is -2.54. The minimum Gasteiger partial charge on any atom is -0.389 e. The Morgan fingerprint density at radius 1 is 1.56 bits per heavy atom. The minimum absolute atomic E-state index is 0.0453. The molecule has 1 saturated heterocycles. The fourth-order valence-electron chi connectivity index (χ4n) is 2.07. The third kappa shape index (κ3) is 4.10. The van der Waals surface area contributed by atoms with Gasteiger partial charge in [-0.3, -0.25) is 4.79 Å². The Hall–Kier alpha value is -0.610. The van der Waals surface area contributed by atoms with Crippen molar-refractivity contribution < 1.29 is 9.90 Å².